The van der Waals surface area contributed by atoms with Gasteiger partial charge in [-0.05, 0) is 31.8 Å². The van der Waals surface area contributed by atoms with Gasteiger partial charge in [0, 0.05) is 6.42 Å². The molecule has 1 unspecified atom stereocenters. The molecule has 0 aliphatic carbocycles. The highest BCUT2D eigenvalue weighted by atomic mass is 16.5. The van der Waals surface area contributed by atoms with Crippen LogP contribution >= 0.6 is 0 Å². The maximum absolute atomic E-state index is 5.68. The zero-order valence-corrected chi connectivity index (χ0v) is 7.62. The van der Waals surface area contributed by atoms with Crippen LogP contribution in [0.4, 0.5) is 5.69 Å². The predicted molar refractivity (Wildman–Crippen MR) is 50.2 cm³/mol. The Morgan fingerprint density at radius 1 is 1.69 bits per heavy atom. The maximum atomic E-state index is 5.68. The van der Waals surface area contributed by atoms with Gasteiger partial charge in [-0.1, -0.05) is 5.16 Å². The van der Waals surface area contributed by atoms with Crippen LogP contribution in [0.3, 0.4) is 0 Å². The summed E-state index contributed by atoms with van der Waals surface area (Å²) < 4.78 is 5.06. The van der Waals surface area contributed by atoms with E-state index in [9.17, 15) is 0 Å². The van der Waals surface area contributed by atoms with E-state index in [1.165, 1.54) is 12.8 Å². The third kappa shape index (κ3) is 2.01. The third-order valence-electron chi connectivity index (χ3n) is 2.55. The van der Waals surface area contributed by atoms with Gasteiger partial charge < -0.3 is 15.6 Å². The van der Waals surface area contributed by atoms with E-state index < -0.39 is 0 Å². The van der Waals surface area contributed by atoms with Crippen molar-refractivity contribution in [1.82, 2.24) is 10.5 Å². The van der Waals surface area contributed by atoms with Crippen molar-refractivity contribution in [3.63, 3.8) is 0 Å². The fraction of sp³-hybridized carbons (Fsp3) is 0.667. The van der Waals surface area contributed by atoms with Crippen LogP contribution in [0.2, 0.25) is 0 Å². The number of anilines is 1. The second-order valence-corrected chi connectivity index (χ2v) is 3.62. The van der Waals surface area contributed by atoms with Crippen LogP contribution in [-0.2, 0) is 6.42 Å². The van der Waals surface area contributed by atoms with Gasteiger partial charge in [0.2, 0.25) is 0 Å². The number of aromatic nitrogens is 1. The van der Waals surface area contributed by atoms with Crippen molar-refractivity contribution in [3.05, 3.63) is 12.0 Å². The number of nitrogen functional groups attached to an aromatic ring is 1. The lowest BCUT2D eigenvalue weighted by Crippen LogP contribution is -2.30. The Bertz CT molecular complexity index is 266. The number of piperidine rings is 1. The lowest BCUT2D eigenvalue weighted by Gasteiger charge is -2.21. The fourth-order valence-corrected chi connectivity index (χ4v) is 1.79. The summed E-state index contributed by atoms with van der Waals surface area (Å²) in [6, 6.07) is 0. The van der Waals surface area contributed by atoms with Crippen molar-refractivity contribution >= 4 is 5.69 Å². The molecule has 0 amide bonds. The van der Waals surface area contributed by atoms with Gasteiger partial charge >= 0.3 is 0 Å². The van der Waals surface area contributed by atoms with Gasteiger partial charge in [-0.3, -0.25) is 0 Å². The topological polar surface area (TPSA) is 64.1 Å². The van der Waals surface area contributed by atoms with E-state index in [-0.39, 0.29) is 0 Å². The fourth-order valence-electron chi connectivity index (χ4n) is 1.79. The Labute approximate surface area is 77.5 Å². The molecule has 1 saturated heterocycles. The first-order valence-corrected chi connectivity index (χ1v) is 4.76. The van der Waals surface area contributed by atoms with Crippen LogP contribution in [0.5, 0.6) is 0 Å². The summed E-state index contributed by atoms with van der Waals surface area (Å²) in [5.41, 5.74) is 6.37. The highest BCUT2D eigenvalue weighted by Crippen LogP contribution is 2.19. The van der Waals surface area contributed by atoms with Crippen LogP contribution in [0.25, 0.3) is 0 Å². The molecule has 0 bridgehead atoms. The van der Waals surface area contributed by atoms with E-state index in [1.807, 2.05) is 0 Å². The maximum Gasteiger partial charge on any atom is 0.159 e. The molecule has 2 heterocycles. The molecule has 1 atom stereocenters. The van der Waals surface area contributed by atoms with E-state index in [4.69, 9.17) is 10.3 Å². The van der Waals surface area contributed by atoms with Crippen molar-refractivity contribution in [2.45, 2.75) is 19.3 Å². The average molecular weight is 181 g/mol. The lowest BCUT2D eigenvalue weighted by atomic mass is 9.95. The van der Waals surface area contributed by atoms with Crippen molar-refractivity contribution in [3.8, 4) is 0 Å². The van der Waals surface area contributed by atoms with Crippen molar-refractivity contribution in [2.75, 3.05) is 18.8 Å². The Kier molecular flexibility index (Phi) is 2.49. The lowest BCUT2D eigenvalue weighted by molar-refractivity contribution is 0.322. The minimum atomic E-state index is 0.656. The normalized spacial score (nSPS) is 23.2. The zero-order chi connectivity index (χ0) is 9.10. The minimum absolute atomic E-state index is 0.656. The van der Waals surface area contributed by atoms with Gasteiger partial charge in [-0.15, -0.1) is 0 Å². The molecule has 4 heteroatoms. The molecular weight excluding hydrogens is 166 g/mol. The van der Waals surface area contributed by atoms with Gasteiger partial charge in [-0.25, -0.2) is 0 Å². The van der Waals surface area contributed by atoms with Crippen LogP contribution in [0, 0.1) is 5.92 Å². The largest absolute Gasteiger partial charge is 0.395 e. The third-order valence-corrected chi connectivity index (χ3v) is 2.55. The molecule has 13 heavy (non-hydrogen) atoms. The molecule has 1 aliphatic heterocycles. The van der Waals surface area contributed by atoms with Gasteiger partial charge in [0.15, 0.2) is 5.76 Å². The molecule has 1 aromatic rings. The summed E-state index contributed by atoms with van der Waals surface area (Å²) in [6.07, 6.45) is 5.00. The summed E-state index contributed by atoms with van der Waals surface area (Å²) in [5.74, 6) is 1.50. The molecular formula is C9H15N3O. The molecule has 72 valence electrons. The van der Waals surface area contributed by atoms with Crippen LogP contribution in [-0.4, -0.2) is 18.2 Å². The van der Waals surface area contributed by atoms with Gasteiger partial charge in [0.1, 0.15) is 0 Å². The standard InChI is InChI=1S/C9H15N3O/c10-8-6-12-13-9(8)4-7-2-1-3-11-5-7/h6-7,11H,1-5,10H2. The zero-order valence-electron chi connectivity index (χ0n) is 7.62. The number of hydrogen-bond donors (Lipinski definition) is 2. The second-order valence-electron chi connectivity index (χ2n) is 3.62. The first-order chi connectivity index (χ1) is 6.36. The first kappa shape index (κ1) is 8.56. The number of hydrogen-bond acceptors (Lipinski definition) is 4. The molecule has 4 nitrogen and oxygen atoms in total. The SMILES string of the molecule is Nc1cnoc1CC1CCCNC1. The summed E-state index contributed by atoms with van der Waals surface area (Å²) >= 11 is 0. The first-order valence-electron chi connectivity index (χ1n) is 4.76. The Hall–Kier alpha value is -1.03. The van der Waals surface area contributed by atoms with Gasteiger partial charge in [0.05, 0.1) is 11.9 Å². The summed E-state index contributed by atoms with van der Waals surface area (Å²) in [7, 11) is 0. The Balaban J connectivity index is 1.93. The predicted octanol–water partition coefficient (Wildman–Crippen LogP) is 0.799. The smallest absolute Gasteiger partial charge is 0.159 e. The van der Waals surface area contributed by atoms with E-state index in [1.54, 1.807) is 6.20 Å². The molecule has 0 spiro atoms. The molecule has 2 rings (SSSR count). The van der Waals surface area contributed by atoms with E-state index in [2.05, 4.69) is 10.5 Å². The summed E-state index contributed by atoms with van der Waals surface area (Å²) in [4.78, 5) is 0. The Morgan fingerprint density at radius 2 is 2.62 bits per heavy atom. The van der Waals surface area contributed by atoms with Crippen LogP contribution in [0.1, 0.15) is 18.6 Å². The number of nitrogens with zero attached hydrogens (tertiary/aromatic N) is 1. The molecule has 0 aromatic carbocycles. The summed E-state index contributed by atoms with van der Waals surface area (Å²) in [6.45, 7) is 2.21. The Morgan fingerprint density at radius 3 is 3.23 bits per heavy atom. The van der Waals surface area contributed by atoms with Crippen LogP contribution in [0.15, 0.2) is 10.7 Å². The number of nitrogens with one attached hydrogen (secondary N) is 1. The van der Waals surface area contributed by atoms with E-state index >= 15 is 0 Å². The van der Waals surface area contributed by atoms with E-state index in [0.717, 1.165) is 25.3 Å². The highest BCUT2D eigenvalue weighted by molar-refractivity contribution is 5.38. The monoisotopic (exact) mass is 181 g/mol. The molecule has 1 aliphatic rings. The highest BCUT2D eigenvalue weighted by Gasteiger charge is 2.16. The second kappa shape index (κ2) is 3.79. The molecule has 0 radical (unpaired) electrons. The van der Waals surface area contributed by atoms with Crippen molar-refractivity contribution in [2.24, 2.45) is 5.92 Å². The van der Waals surface area contributed by atoms with Gasteiger partial charge in [0.25, 0.3) is 0 Å². The molecule has 3 N–H and O–H groups in total. The minimum Gasteiger partial charge on any atom is -0.395 e. The summed E-state index contributed by atoms with van der Waals surface area (Å²) in [5, 5.41) is 7.03. The van der Waals surface area contributed by atoms with Crippen molar-refractivity contribution in [1.29, 1.82) is 0 Å². The molecule has 1 fully saturated rings. The van der Waals surface area contributed by atoms with Crippen LogP contribution < -0.4 is 11.1 Å². The number of rotatable bonds is 2. The van der Waals surface area contributed by atoms with E-state index in [0.29, 0.717) is 11.6 Å². The molecule has 0 saturated carbocycles. The quantitative estimate of drug-likeness (QED) is 0.708. The number of nitrogens with two attached hydrogens (primary N) is 1. The van der Waals surface area contributed by atoms with Gasteiger partial charge in [-0.2, -0.15) is 0 Å². The average Bonchev–Trinajstić information content (AvgIpc) is 2.54. The van der Waals surface area contributed by atoms with Crippen molar-refractivity contribution < 1.29 is 4.52 Å². The molecule has 1 aromatic heterocycles.